The largest absolute Gasteiger partial charge is 0.416 e. The molecule has 0 amide bonds. The van der Waals surface area contributed by atoms with Crippen LogP contribution in [0.25, 0.3) is 11.3 Å². The summed E-state index contributed by atoms with van der Waals surface area (Å²) in [6, 6.07) is 12.4. The first kappa shape index (κ1) is 22.9. The maximum Gasteiger partial charge on any atom is 0.416 e. The van der Waals surface area contributed by atoms with Crippen molar-refractivity contribution in [1.29, 1.82) is 0 Å². The van der Waals surface area contributed by atoms with E-state index >= 15 is 0 Å². The van der Waals surface area contributed by atoms with Gasteiger partial charge in [0.1, 0.15) is 0 Å². The molecule has 2 aliphatic carbocycles. The molecular weight excluding hydrogens is 461 g/mol. The van der Waals surface area contributed by atoms with Gasteiger partial charge in [0, 0.05) is 23.6 Å². The van der Waals surface area contributed by atoms with Crippen molar-refractivity contribution in [2.45, 2.75) is 48.9 Å². The molecule has 1 fully saturated rings. The van der Waals surface area contributed by atoms with Gasteiger partial charge in [0.15, 0.2) is 10.9 Å². The Hall–Kier alpha value is -2.87. The quantitative estimate of drug-likeness (QED) is 0.267. The first-order valence-corrected chi connectivity index (χ1v) is 12.2. The first-order valence-electron chi connectivity index (χ1n) is 11.2. The number of fused-ring (bicyclic) bond motifs is 4. The number of Topliss-reactive ketones (excluding diaryl/α,β-unsaturated/α-hetero) is 1. The Morgan fingerprint density at radius 1 is 1.12 bits per heavy atom. The minimum Gasteiger partial charge on any atom is -0.293 e. The highest BCUT2D eigenvalue weighted by Crippen LogP contribution is 2.49. The molecule has 34 heavy (non-hydrogen) atoms. The van der Waals surface area contributed by atoms with E-state index in [9.17, 15) is 22.8 Å². The fourth-order valence-electron chi connectivity index (χ4n) is 5.30. The van der Waals surface area contributed by atoms with Crippen LogP contribution in [0.3, 0.4) is 0 Å². The lowest BCUT2D eigenvalue weighted by atomic mass is 9.68. The Bertz CT molecular complexity index is 1340. The molecule has 2 aliphatic rings. The minimum atomic E-state index is -4.52. The number of halogens is 3. The van der Waals surface area contributed by atoms with Gasteiger partial charge in [0.25, 0.3) is 5.56 Å². The third-order valence-corrected chi connectivity index (χ3v) is 8.02. The zero-order valence-electron chi connectivity index (χ0n) is 18.6. The zero-order chi connectivity index (χ0) is 24.1. The topological polar surface area (TPSA) is 52.0 Å². The molecule has 0 aliphatic heterocycles. The van der Waals surface area contributed by atoms with Crippen molar-refractivity contribution in [3.63, 3.8) is 0 Å². The SMILES string of the molecule is Cn1c(SCC(=O)c2cccc(C(F)(F)F)c2)nc2c(c1=O)C1(CCCC1)Cc1ccccc1-2. The zero-order valence-corrected chi connectivity index (χ0v) is 19.4. The van der Waals surface area contributed by atoms with E-state index in [2.05, 4.69) is 6.07 Å². The lowest BCUT2D eigenvalue weighted by Gasteiger charge is -2.36. The maximum absolute atomic E-state index is 13.6. The van der Waals surface area contributed by atoms with Gasteiger partial charge >= 0.3 is 6.18 Å². The highest BCUT2D eigenvalue weighted by Gasteiger charge is 2.44. The number of nitrogens with zero attached hydrogens (tertiary/aromatic N) is 2. The molecule has 0 saturated heterocycles. The van der Waals surface area contributed by atoms with Gasteiger partial charge < -0.3 is 0 Å². The summed E-state index contributed by atoms with van der Waals surface area (Å²) in [7, 11) is 1.65. The van der Waals surface area contributed by atoms with Crippen LogP contribution in [0.2, 0.25) is 0 Å². The number of thioether (sulfide) groups is 1. The summed E-state index contributed by atoms with van der Waals surface area (Å²) in [6.45, 7) is 0. The Morgan fingerprint density at radius 2 is 1.85 bits per heavy atom. The third-order valence-electron chi connectivity index (χ3n) is 6.99. The van der Waals surface area contributed by atoms with E-state index in [-0.39, 0.29) is 22.3 Å². The van der Waals surface area contributed by atoms with Crippen LogP contribution in [0, 0.1) is 0 Å². The second-order valence-corrected chi connectivity index (χ2v) is 10.0. The molecule has 0 bridgehead atoms. The van der Waals surface area contributed by atoms with E-state index in [4.69, 9.17) is 4.98 Å². The van der Waals surface area contributed by atoms with Gasteiger partial charge in [-0.25, -0.2) is 4.98 Å². The highest BCUT2D eigenvalue weighted by atomic mass is 32.2. The molecule has 1 heterocycles. The number of benzene rings is 2. The van der Waals surface area contributed by atoms with Crippen molar-refractivity contribution < 1.29 is 18.0 Å². The van der Waals surface area contributed by atoms with Crippen LogP contribution in [-0.4, -0.2) is 21.1 Å². The van der Waals surface area contributed by atoms with Crippen molar-refractivity contribution in [2.24, 2.45) is 7.05 Å². The molecule has 0 unspecified atom stereocenters. The first-order chi connectivity index (χ1) is 16.2. The lowest BCUT2D eigenvalue weighted by Crippen LogP contribution is -2.39. The Morgan fingerprint density at radius 3 is 2.59 bits per heavy atom. The summed E-state index contributed by atoms with van der Waals surface area (Å²) in [4.78, 5) is 31.1. The van der Waals surface area contributed by atoms with Crippen LogP contribution in [0.5, 0.6) is 0 Å². The minimum absolute atomic E-state index is 0.0134. The van der Waals surface area contributed by atoms with E-state index in [0.717, 1.165) is 67.1 Å². The molecule has 1 saturated carbocycles. The number of carbonyl (C=O) groups is 1. The van der Waals surface area contributed by atoms with Crippen LogP contribution < -0.4 is 5.56 Å². The van der Waals surface area contributed by atoms with Gasteiger partial charge in [-0.2, -0.15) is 13.2 Å². The number of aromatic nitrogens is 2. The second-order valence-electron chi connectivity index (χ2n) is 9.09. The van der Waals surface area contributed by atoms with Crippen molar-refractivity contribution in [3.8, 4) is 11.3 Å². The van der Waals surface area contributed by atoms with Crippen molar-refractivity contribution in [1.82, 2.24) is 9.55 Å². The molecule has 0 N–H and O–H groups in total. The van der Waals surface area contributed by atoms with Crippen molar-refractivity contribution >= 4 is 17.5 Å². The van der Waals surface area contributed by atoms with Crippen LogP contribution in [0.1, 0.15) is 52.7 Å². The average molecular weight is 485 g/mol. The Balaban J connectivity index is 1.50. The van der Waals surface area contributed by atoms with Crippen LogP contribution in [0.15, 0.2) is 58.5 Å². The summed E-state index contributed by atoms with van der Waals surface area (Å²) in [5, 5.41) is 0.383. The third kappa shape index (κ3) is 3.87. The van der Waals surface area contributed by atoms with E-state index in [1.165, 1.54) is 22.3 Å². The molecule has 0 radical (unpaired) electrons. The van der Waals surface area contributed by atoms with Crippen molar-refractivity contribution in [3.05, 3.63) is 81.1 Å². The molecule has 5 rings (SSSR count). The van der Waals surface area contributed by atoms with Gasteiger partial charge in [-0.15, -0.1) is 0 Å². The summed E-state index contributed by atoms with van der Waals surface area (Å²) in [5.74, 6) is -0.566. The van der Waals surface area contributed by atoms with Gasteiger partial charge in [-0.05, 0) is 37.0 Å². The summed E-state index contributed by atoms with van der Waals surface area (Å²) >= 11 is 1.08. The molecule has 4 nitrogen and oxygen atoms in total. The normalized spacial score (nSPS) is 16.4. The predicted octanol–water partition coefficient (Wildman–Crippen LogP) is 5.81. The van der Waals surface area contributed by atoms with Crippen LogP contribution in [0.4, 0.5) is 13.2 Å². The number of alkyl halides is 3. The van der Waals surface area contributed by atoms with Gasteiger partial charge in [-0.1, -0.05) is 61.0 Å². The maximum atomic E-state index is 13.6. The van der Waals surface area contributed by atoms with Crippen molar-refractivity contribution in [2.75, 3.05) is 5.75 Å². The van der Waals surface area contributed by atoms with E-state index in [1.807, 2.05) is 18.2 Å². The number of rotatable bonds is 4. The molecule has 0 atom stereocenters. The summed E-state index contributed by atoms with van der Waals surface area (Å²) in [5.41, 5.74) is 2.38. The lowest BCUT2D eigenvalue weighted by molar-refractivity contribution is -0.137. The standard InChI is InChI=1S/C26H23F3N2O2S/c1-31-23(33)21-22(19-10-3-2-7-17(19)14-25(21)11-4-5-12-25)30-24(31)34-15-20(32)16-8-6-9-18(13-16)26(27,28)29/h2-3,6-10,13H,4-5,11-12,14-15H2,1H3. The van der Waals surface area contributed by atoms with Crippen LogP contribution in [-0.2, 0) is 25.1 Å². The fraction of sp³-hybridized carbons (Fsp3) is 0.346. The Labute approximate surface area is 199 Å². The molecule has 176 valence electrons. The second kappa shape index (κ2) is 8.41. The smallest absolute Gasteiger partial charge is 0.293 e. The monoisotopic (exact) mass is 484 g/mol. The molecule has 1 spiro atoms. The number of hydrogen-bond donors (Lipinski definition) is 0. The predicted molar refractivity (Wildman–Crippen MR) is 125 cm³/mol. The molecule has 2 aromatic carbocycles. The van der Waals surface area contributed by atoms with Gasteiger partial charge in [-0.3, -0.25) is 14.2 Å². The van der Waals surface area contributed by atoms with Crippen LogP contribution >= 0.6 is 11.8 Å². The molecule has 8 heteroatoms. The van der Waals surface area contributed by atoms with E-state index in [0.29, 0.717) is 10.9 Å². The Kier molecular flexibility index (Phi) is 5.67. The highest BCUT2D eigenvalue weighted by molar-refractivity contribution is 7.99. The van der Waals surface area contributed by atoms with E-state index in [1.54, 1.807) is 7.05 Å². The fourth-order valence-corrected chi connectivity index (χ4v) is 6.16. The average Bonchev–Trinajstić information content (AvgIpc) is 3.27. The number of ketones is 1. The molecule has 1 aromatic heterocycles. The summed E-state index contributed by atoms with van der Waals surface area (Å²) < 4.78 is 40.5. The van der Waals surface area contributed by atoms with Gasteiger partial charge in [0.2, 0.25) is 0 Å². The summed E-state index contributed by atoms with van der Waals surface area (Å²) in [6.07, 6.45) is 0.363. The number of hydrogen-bond acceptors (Lipinski definition) is 4. The van der Waals surface area contributed by atoms with E-state index < -0.39 is 17.5 Å². The molecule has 3 aromatic rings. The molecular formula is C26H23F3N2O2S. The van der Waals surface area contributed by atoms with Gasteiger partial charge in [0.05, 0.1) is 22.6 Å². The number of carbonyl (C=O) groups excluding carboxylic acids is 1.